The van der Waals surface area contributed by atoms with E-state index in [0.29, 0.717) is 35.0 Å². The summed E-state index contributed by atoms with van der Waals surface area (Å²) in [5.41, 5.74) is 1.76. The number of pyridine rings is 1. The first-order valence-corrected chi connectivity index (χ1v) is 8.19. The number of carboxylic acids is 1. The average Bonchev–Trinajstić information content (AvgIpc) is 2.68. The second-order valence-corrected chi connectivity index (χ2v) is 5.70. The fourth-order valence-corrected chi connectivity index (χ4v) is 2.45. The molecule has 2 aromatic carbocycles. The molecule has 0 saturated heterocycles. The number of carbonyl (C=O) groups is 1. The summed E-state index contributed by atoms with van der Waals surface area (Å²) in [5.74, 6) is 0.267. The van der Waals surface area contributed by atoms with Crippen molar-refractivity contribution < 1.29 is 19.4 Å². The summed E-state index contributed by atoms with van der Waals surface area (Å²) in [4.78, 5) is 15.1. The third-order valence-corrected chi connectivity index (χ3v) is 3.74. The summed E-state index contributed by atoms with van der Waals surface area (Å²) in [6, 6.07) is 17.5. The Morgan fingerprint density at radius 3 is 2.70 bits per heavy atom. The Morgan fingerprint density at radius 1 is 1.11 bits per heavy atom. The maximum Gasteiger partial charge on any atom is 0.307 e. The van der Waals surface area contributed by atoms with Gasteiger partial charge in [-0.1, -0.05) is 24.3 Å². The second kappa shape index (κ2) is 8.50. The van der Waals surface area contributed by atoms with Gasteiger partial charge in [0.1, 0.15) is 29.9 Å². The minimum atomic E-state index is -0.958. The van der Waals surface area contributed by atoms with Crippen LogP contribution in [0.25, 0.3) is 0 Å². The van der Waals surface area contributed by atoms with E-state index >= 15 is 0 Å². The van der Waals surface area contributed by atoms with Crippen molar-refractivity contribution in [1.29, 1.82) is 5.26 Å². The van der Waals surface area contributed by atoms with Gasteiger partial charge in [0.25, 0.3) is 0 Å². The largest absolute Gasteiger partial charge is 0.489 e. The molecule has 0 aliphatic carbocycles. The quantitative estimate of drug-likeness (QED) is 0.686. The van der Waals surface area contributed by atoms with Gasteiger partial charge in [-0.2, -0.15) is 5.26 Å². The van der Waals surface area contributed by atoms with Crippen molar-refractivity contribution in [2.75, 3.05) is 0 Å². The van der Waals surface area contributed by atoms with E-state index in [2.05, 4.69) is 11.1 Å². The molecule has 0 unspecified atom stereocenters. The lowest BCUT2D eigenvalue weighted by Crippen LogP contribution is -2.02. The zero-order valence-electron chi connectivity index (χ0n) is 14.3. The number of aliphatic carboxylic acids is 1. The van der Waals surface area contributed by atoms with Crippen molar-refractivity contribution in [2.45, 2.75) is 13.0 Å². The molecule has 3 aromatic rings. The molecule has 0 atom stereocenters. The first kappa shape index (κ1) is 18.0. The smallest absolute Gasteiger partial charge is 0.307 e. The SMILES string of the molecule is N#Cc1ccc(OCc2cccnc2)cc1Oc1ccccc1CC(=O)O. The van der Waals surface area contributed by atoms with E-state index < -0.39 is 5.97 Å². The van der Waals surface area contributed by atoms with E-state index in [0.717, 1.165) is 5.56 Å². The topological polar surface area (TPSA) is 92.4 Å². The highest BCUT2D eigenvalue weighted by Crippen LogP contribution is 2.31. The lowest BCUT2D eigenvalue weighted by Gasteiger charge is -2.13. The molecule has 134 valence electrons. The second-order valence-electron chi connectivity index (χ2n) is 5.70. The molecule has 0 saturated carbocycles. The van der Waals surface area contributed by atoms with Crippen molar-refractivity contribution in [2.24, 2.45) is 0 Å². The standard InChI is InChI=1S/C21H16N2O4/c22-12-17-7-8-18(26-14-15-4-3-9-23-13-15)11-20(17)27-19-6-2-1-5-16(19)10-21(24)25/h1-9,11,13H,10,14H2,(H,24,25). The van der Waals surface area contributed by atoms with Gasteiger partial charge >= 0.3 is 5.97 Å². The van der Waals surface area contributed by atoms with Gasteiger partial charge in [0.15, 0.2) is 0 Å². The van der Waals surface area contributed by atoms with Crippen molar-refractivity contribution in [3.05, 3.63) is 83.7 Å². The van der Waals surface area contributed by atoms with E-state index in [4.69, 9.17) is 14.6 Å². The number of hydrogen-bond acceptors (Lipinski definition) is 5. The molecule has 0 bridgehead atoms. The summed E-state index contributed by atoms with van der Waals surface area (Å²) in [6.45, 7) is 0.328. The molecule has 0 radical (unpaired) electrons. The van der Waals surface area contributed by atoms with E-state index in [1.54, 1.807) is 54.9 Å². The lowest BCUT2D eigenvalue weighted by atomic mass is 10.1. The summed E-state index contributed by atoms with van der Waals surface area (Å²) in [7, 11) is 0. The third-order valence-electron chi connectivity index (χ3n) is 3.74. The fourth-order valence-electron chi connectivity index (χ4n) is 2.45. The minimum absolute atomic E-state index is 0.171. The van der Waals surface area contributed by atoms with Crippen LogP contribution in [0.3, 0.4) is 0 Å². The highest BCUT2D eigenvalue weighted by molar-refractivity contribution is 5.71. The van der Waals surface area contributed by atoms with E-state index in [-0.39, 0.29) is 6.42 Å². The predicted octanol–water partition coefficient (Wildman–Crippen LogP) is 3.95. The van der Waals surface area contributed by atoms with Gasteiger partial charge in [-0.25, -0.2) is 0 Å². The van der Waals surface area contributed by atoms with Crippen LogP contribution in [-0.2, 0) is 17.8 Å². The van der Waals surface area contributed by atoms with Crippen molar-refractivity contribution >= 4 is 5.97 Å². The van der Waals surface area contributed by atoms with E-state index in [1.807, 2.05) is 12.1 Å². The monoisotopic (exact) mass is 360 g/mol. The predicted molar refractivity (Wildman–Crippen MR) is 97.6 cm³/mol. The number of aromatic nitrogens is 1. The van der Waals surface area contributed by atoms with Crippen LogP contribution in [0.2, 0.25) is 0 Å². The number of carboxylic acid groups (broad SMARTS) is 1. The van der Waals surface area contributed by atoms with Crippen LogP contribution in [0.4, 0.5) is 0 Å². The van der Waals surface area contributed by atoms with E-state index in [9.17, 15) is 10.1 Å². The Labute approximate surface area is 156 Å². The minimum Gasteiger partial charge on any atom is -0.489 e. The highest BCUT2D eigenvalue weighted by Gasteiger charge is 2.12. The van der Waals surface area contributed by atoms with Crippen LogP contribution < -0.4 is 9.47 Å². The maximum absolute atomic E-state index is 11.0. The summed E-state index contributed by atoms with van der Waals surface area (Å²) < 4.78 is 11.6. The van der Waals surface area contributed by atoms with Crippen LogP contribution in [0.1, 0.15) is 16.7 Å². The van der Waals surface area contributed by atoms with Gasteiger partial charge in [0, 0.05) is 29.6 Å². The molecule has 3 rings (SSSR count). The van der Waals surface area contributed by atoms with Crippen molar-refractivity contribution in [3.63, 3.8) is 0 Å². The van der Waals surface area contributed by atoms with Crippen molar-refractivity contribution in [1.82, 2.24) is 4.98 Å². The maximum atomic E-state index is 11.0. The van der Waals surface area contributed by atoms with Crippen LogP contribution >= 0.6 is 0 Å². The average molecular weight is 360 g/mol. The van der Waals surface area contributed by atoms with Gasteiger partial charge < -0.3 is 14.6 Å². The highest BCUT2D eigenvalue weighted by atomic mass is 16.5. The number of rotatable bonds is 7. The summed E-state index contributed by atoms with van der Waals surface area (Å²) in [5, 5.41) is 18.4. The van der Waals surface area contributed by atoms with E-state index in [1.165, 1.54) is 0 Å². The lowest BCUT2D eigenvalue weighted by molar-refractivity contribution is -0.136. The Morgan fingerprint density at radius 2 is 1.96 bits per heavy atom. The Hall–Kier alpha value is -3.85. The molecule has 27 heavy (non-hydrogen) atoms. The Kier molecular flexibility index (Phi) is 5.65. The van der Waals surface area contributed by atoms with Crippen LogP contribution in [-0.4, -0.2) is 16.1 Å². The molecule has 0 fully saturated rings. The summed E-state index contributed by atoms with van der Waals surface area (Å²) >= 11 is 0. The third kappa shape index (κ3) is 4.83. The van der Waals surface area contributed by atoms with Crippen LogP contribution in [0, 0.1) is 11.3 Å². The van der Waals surface area contributed by atoms with Gasteiger partial charge in [0.05, 0.1) is 12.0 Å². The van der Waals surface area contributed by atoms with Gasteiger partial charge in [-0.15, -0.1) is 0 Å². The zero-order chi connectivity index (χ0) is 19.1. The van der Waals surface area contributed by atoms with Crippen molar-refractivity contribution in [3.8, 4) is 23.3 Å². The molecular weight excluding hydrogens is 344 g/mol. The number of nitrogens with zero attached hydrogens (tertiary/aromatic N) is 2. The molecule has 0 amide bonds. The molecule has 0 spiro atoms. The normalized spacial score (nSPS) is 10.0. The van der Waals surface area contributed by atoms with Crippen LogP contribution in [0.5, 0.6) is 17.2 Å². The molecular formula is C21H16N2O4. The summed E-state index contributed by atoms with van der Waals surface area (Å²) in [6.07, 6.45) is 3.23. The zero-order valence-corrected chi connectivity index (χ0v) is 14.3. The van der Waals surface area contributed by atoms with Gasteiger partial charge in [0.2, 0.25) is 0 Å². The van der Waals surface area contributed by atoms with Gasteiger partial charge in [-0.3, -0.25) is 9.78 Å². The molecule has 6 heteroatoms. The first-order valence-electron chi connectivity index (χ1n) is 8.19. The molecule has 0 aliphatic rings. The van der Waals surface area contributed by atoms with Gasteiger partial charge in [-0.05, 0) is 24.3 Å². The van der Waals surface area contributed by atoms with Crippen LogP contribution in [0.15, 0.2) is 67.0 Å². The molecule has 1 N–H and O–H groups in total. The Bertz CT molecular complexity index is 981. The number of nitriles is 1. The number of para-hydroxylation sites is 1. The number of benzene rings is 2. The molecule has 1 aromatic heterocycles. The molecule has 1 heterocycles. The first-order chi connectivity index (χ1) is 13.2. The number of hydrogen-bond donors (Lipinski definition) is 1. The number of ether oxygens (including phenoxy) is 2. The fraction of sp³-hybridized carbons (Fsp3) is 0.0952. The Balaban J connectivity index is 1.82. The molecule has 0 aliphatic heterocycles. The molecule has 6 nitrogen and oxygen atoms in total.